The number of sulfonamides is 1. The van der Waals surface area contributed by atoms with Crippen molar-refractivity contribution in [1.29, 1.82) is 0 Å². The van der Waals surface area contributed by atoms with Crippen LogP contribution in [0.3, 0.4) is 0 Å². The Bertz CT molecular complexity index is 1690. The van der Waals surface area contributed by atoms with Gasteiger partial charge in [0.2, 0.25) is 10.0 Å². The third-order valence-corrected chi connectivity index (χ3v) is 9.72. The van der Waals surface area contributed by atoms with Crippen molar-refractivity contribution in [3.05, 3.63) is 81.3 Å². The van der Waals surface area contributed by atoms with E-state index < -0.39 is 34.5 Å². The Labute approximate surface area is 286 Å². The van der Waals surface area contributed by atoms with E-state index in [0.717, 1.165) is 35.5 Å². The SMILES string of the molecule is CS(=O)(=O)N(CCN1CCOCC1)c1cc(C(=O)O[C@@H](Cc2c(Cl)cncc2Cl)c2ccc(OC(F)F)c(OCC3CC3)c2)ccc1F. The molecule has 16 heteroatoms. The normalized spacial score (nSPS) is 16.1. The number of anilines is 1. The Hall–Kier alpha value is -3.30. The number of halogens is 5. The summed E-state index contributed by atoms with van der Waals surface area (Å²) in [5.74, 6) is -1.64. The molecule has 10 nitrogen and oxygen atoms in total. The van der Waals surface area contributed by atoms with Gasteiger partial charge in [-0.1, -0.05) is 29.3 Å². The van der Waals surface area contributed by atoms with Crippen LogP contribution < -0.4 is 13.8 Å². The number of nitrogens with zero attached hydrogens (tertiary/aromatic N) is 3. The van der Waals surface area contributed by atoms with Crippen molar-refractivity contribution in [2.45, 2.75) is 32.0 Å². The van der Waals surface area contributed by atoms with Gasteiger partial charge >= 0.3 is 12.6 Å². The van der Waals surface area contributed by atoms with Crippen LogP contribution in [0.15, 0.2) is 48.8 Å². The van der Waals surface area contributed by atoms with Crippen molar-refractivity contribution >= 4 is 44.9 Å². The van der Waals surface area contributed by atoms with Crippen LogP contribution in [0.4, 0.5) is 18.9 Å². The molecule has 0 amide bonds. The summed E-state index contributed by atoms with van der Waals surface area (Å²) in [4.78, 5) is 19.6. The van der Waals surface area contributed by atoms with E-state index in [1.54, 1.807) is 0 Å². The van der Waals surface area contributed by atoms with Gasteiger partial charge in [-0.15, -0.1) is 0 Å². The second-order valence-electron chi connectivity index (χ2n) is 11.5. The van der Waals surface area contributed by atoms with Crippen LogP contribution in [0.25, 0.3) is 0 Å². The van der Waals surface area contributed by atoms with Crippen LogP contribution in [0.1, 0.15) is 40.4 Å². The molecule has 2 heterocycles. The van der Waals surface area contributed by atoms with Gasteiger partial charge in [0.15, 0.2) is 11.5 Å². The average Bonchev–Trinajstić information content (AvgIpc) is 3.87. The van der Waals surface area contributed by atoms with Crippen molar-refractivity contribution in [3.8, 4) is 11.5 Å². The van der Waals surface area contributed by atoms with Gasteiger partial charge in [-0.2, -0.15) is 8.78 Å². The number of hydrogen-bond acceptors (Lipinski definition) is 9. The minimum Gasteiger partial charge on any atom is -0.489 e. The highest BCUT2D eigenvalue weighted by atomic mass is 35.5. The summed E-state index contributed by atoms with van der Waals surface area (Å²) >= 11 is 12.8. The first-order valence-electron chi connectivity index (χ1n) is 15.2. The molecule has 1 aromatic heterocycles. The molecule has 260 valence electrons. The molecule has 0 unspecified atom stereocenters. The van der Waals surface area contributed by atoms with Crippen molar-refractivity contribution in [2.24, 2.45) is 5.92 Å². The Balaban J connectivity index is 1.45. The number of pyridine rings is 1. The van der Waals surface area contributed by atoms with Crippen LogP contribution >= 0.6 is 23.2 Å². The highest BCUT2D eigenvalue weighted by molar-refractivity contribution is 7.92. The highest BCUT2D eigenvalue weighted by Gasteiger charge is 2.28. The number of carbonyl (C=O) groups is 1. The molecule has 2 fully saturated rings. The number of benzene rings is 2. The van der Waals surface area contributed by atoms with Crippen LogP contribution in [-0.4, -0.2) is 83.1 Å². The first-order chi connectivity index (χ1) is 22.9. The quantitative estimate of drug-likeness (QED) is 0.170. The summed E-state index contributed by atoms with van der Waals surface area (Å²) in [5.41, 5.74) is 0.281. The first kappa shape index (κ1) is 36.0. The van der Waals surface area contributed by atoms with E-state index in [4.69, 9.17) is 37.4 Å². The van der Waals surface area contributed by atoms with Gasteiger partial charge in [-0.25, -0.2) is 17.6 Å². The Kier molecular flexibility index (Phi) is 12.0. The van der Waals surface area contributed by atoms with E-state index in [9.17, 15) is 22.0 Å². The molecular weight excluding hydrogens is 698 g/mol. The number of morpholine rings is 1. The van der Waals surface area contributed by atoms with E-state index in [1.807, 2.05) is 4.90 Å². The fourth-order valence-corrected chi connectivity index (χ4v) is 6.55. The number of rotatable bonds is 15. The molecule has 1 saturated carbocycles. The Morgan fingerprint density at radius 1 is 1.08 bits per heavy atom. The lowest BCUT2D eigenvalue weighted by Gasteiger charge is -2.30. The third-order valence-electron chi connectivity index (χ3n) is 7.89. The zero-order valence-corrected chi connectivity index (χ0v) is 28.2. The Morgan fingerprint density at radius 2 is 1.79 bits per heavy atom. The molecule has 3 aromatic rings. The molecule has 0 N–H and O–H groups in total. The number of carbonyl (C=O) groups excluding carboxylic acids is 1. The summed E-state index contributed by atoms with van der Waals surface area (Å²) in [5, 5.41) is 0.388. The number of hydrogen-bond donors (Lipinski definition) is 0. The Morgan fingerprint density at radius 3 is 2.44 bits per heavy atom. The zero-order chi connectivity index (χ0) is 34.4. The van der Waals surface area contributed by atoms with E-state index in [0.29, 0.717) is 49.9 Å². The predicted octanol–water partition coefficient (Wildman–Crippen LogP) is 6.16. The number of aromatic nitrogens is 1. The third kappa shape index (κ3) is 9.65. The number of ether oxygens (including phenoxy) is 4. The summed E-state index contributed by atoms with van der Waals surface area (Å²) in [6, 6.07) is 7.45. The van der Waals surface area contributed by atoms with Crippen LogP contribution in [0, 0.1) is 11.7 Å². The van der Waals surface area contributed by atoms with Gasteiger partial charge in [0, 0.05) is 45.0 Å². The lowest BCUT2D eigenvalue weighted by molar-refractivity contribution is -0.0515. The molecule has 2 aromatic carbocycles. The smallest absolute Gasteiger partial charge is 0.387 e. The molecule has 48 heavy (non-hydrogen) atoms. The van der Waals surface area contributed by atoms with Crippen molar-refractivity contribution in [2.75, 3.05) is 56.6 Å². The van der Waals surface area contributed by atoms with E-state index in [1.165, 1.54) is 36.7 Å². The lowest BCUT2D eigenvalue weighted by Crippen LogP contribution is -2.43. The molecule has 0 bridgehead atoms. The van der Waals surface area contributed by atoms with Gasteiger partial charge in [0.05, 0.1) is 47.4 Å². The van der Waals surface area contributed by atoms with Crippen LogP contribution in [-0.2, 0) is 25.9 Å². The predicted molar refractivity (Wildman–Crippen MR) is 173 cm³/mol. The van der Waals surface area contributed by atoms with Crippen molar-refractivity contribution < 1.29 is 45.3 Å². The average molecular weight is 733 g/mol. The monoisotopic (exact) mass is 731 g/mol. The molecule has 5 rings (SSSR count). The lowest BCUT2D eigenvalue weighted by atomic mass is 10.0. The minimum atomic E-state index is -3.96. The van der Waals surface area contributed by atoms with Gasteiger partial charge in [0.25, 0.3) is 0 Å². The fraction of sp³-hybridized carbons (Fsp3) is 0.438. The number of alkyl halides is 2. The molecular formula is C32H34Cl2F3N3O7S. The van der Waals surface area contributed by atoms with E-state index >= 15 is 4.39 Å². The molecule has 1 aliphatic carbocycles. The zero-order valence-electron chi connectivity index (χ0n) is 25.9. The van der Waals surface area contributed by atoms with Crippen LogP contribution in [0.2, 0.25) is 10.0 Å². The minimum absolute atomic E-state index is 0.0285. The van der Waals surface area contributed by atoms with E-state index in [-0.39, 0.29) is 52.4 Å². The van der Waals surface area contributed by atoms with Gasteiger partial charge in [-0.05, 0) is 60.2 Å². The molecule has 1 aliphatic heterocycles. The second kappa shape index (κ2) is 15.9. The topological polar surface area (TPSA) is 108 Å². The standard InChI is InChI=1S/C32H34Cl2F3N3O7S/c1-48(42,43)40(9-8-39-10-12-44-13-11-39)27-14-22(4-6-26(27)35)31(41)46-29(16-23-24(33)17-38-18-25(23)34)21-5-7-28(47-32(36)37)30(15-21)45-19-20-2-3-20/h4-7,14-15,17-18,20,29,32H,2-3,8-13,16,19H2,1H3/t29-/m0/s1. The number of esters is 1. The second-order valence-corrected chi connectivity index (χ2v) is 14.2. The summed E-state index contributed by atoms with van der Waals surface area (Å²) in [6.07, 6.45) is 4.43. The van der Waals surface area contributed by atoms with Crippen molar-refractivity contribution in [3.63, 3.8) is 0 Å². The van der Waals surface area contributed by atoms with Gasteiger partial charge < -0.3 is 18.9 Å². The van der Waals surface area contributed by atoms with Gasteiger partial charge in [0.1, 0.15) is 11.9 Å². The summed E-state index contributed by atoms with van der Waals surface area (Å²) < 4.78 is 89.8. The molecule has 1 saturated heterocycles. The summed E-state index contributed by atoms with van der Waals surface area (Å²) in [7, 11) is -3.96. The highest BCUT2D eigenvalue weighted by Crippen LogP contribution is 2.38. The van der Waals surface area contributed by atoms with Crippen LogP contribution in [0.5, 0.6) is 11.5 Å². The maximum absolute atomic E-state index is 15.2. The molecule has 1 atom stereocenters. The van der Waals surface area contributed by atoms with Gasteiger partial charge in [-0.3, -0.25) is 14.2 Å². The molecule has 0 spiro atoms. The molecule has 2 aliphatic rings. The first-order valence-corrected chi connectivity index (χ1v) is 17.8. The maximum Gasteiger partial charge on any atom is 0.387 e. The van der Waals surface area contributed by atoms with Crippen molar-refractivity contribution in [1.82, 2.24) is 9.88 Å². The van der Waals surface area contributed by atoms with E-state index in [2.05, 4.69) is 9.72 Å². The largest absolute Gasteiger partial charge is 0.489 e. The summed E-state index contributed by atoms with van der Waals surface area (Å²) in [6.45, 7) is -0.359. The maximum atomic E-state index is 15.2. The molecule has 0 radical (unpaired) electrons. The fourth-order valence-electron chi connectivity index (χ4n) is 5.12.